The first kappa shape index (κ1) is 14.5. The second-order valence-electron chi connectivity index (χ2n) is 3.58. The van der Waals surface area contributed by atoms with Crippen LogP contribution in [0.3, 0.4) is 0 Å². The summed E-state index contributed by atoms with van der Waals surface area (Å²) < 4.78 is 4.98. The molecular weight excluding hydrogens is 305 g/mol. The average Bonchev–Trinajstić information content (AvgIpc) is 2.29. The smallest absolute Gasteiger partial charge is 0.252 e. The van der Waals surface area contributed by atoms with Crippen LogP contribution < -0.4 is 5.32 Å². The molecule has 1 atom stereocenters. The number of halogens is 2. The van der Waals surface area contributed by atoms with Crippen molar-refractivity contribution in [3.8, 4) is 0 Å². The lowest BCUT2D eigenvalue weighted by molar-refractivity contribution is 0.0952. The minimum Gasteiger partial charge on any atom is -0.384 e. The standard InChI is InChI=1S/C12H15BrClNO2/c1-17-8-9(13)6-7-15-12(16)10-4-2-3-5-11(10)14/h2-5,9H,6-8H2,1H3,(H,15,16). The number of benzene rings is 1. The van der Waals surface area contributed by atoms with E-state index in [0.717, 1.165) is 6.42 Å². The van der Waals surface area contributed by atoms with E-state index >= 15 is 0 Å². The van der Waals surface area contributed by atoms with Gasteiger partial charge in [0.15, 0.2) is 0 Å². The van der Waals surface area contributed by atoms with Crippen LogP contribution in [-0.4, -0.2) is 31.0 Å². The summed E-state index contributed by atoms with van der Waals surface area (Å²) in [5.74, 6) is -0.146. The molecule has 0 aliphatic heterocycles. The van der Waals surface area contributed by atoms with Crippen molar-refractivity contribution in [3.05, 3.63) is 34.9 Å². The molecule has 5 heteroatoms. The molecule has 0 saturated heterocycles. The van der Waals surface area contributed by atoms with E-state index in [9.17, 15) is 4.79 Å². The number of carbonyl (C=O) groups excluding carboxylic acids is 1. The van der Waals surface area contributed by atoms with Gasteiger partial charge in [0.2, 0.25) is 0 Å². The lowest BCUT2D eigenvalue weighted by Gasteiger charge is -2.10. The number of ether oxygens (including phenoxy) is 1. The highest BCUT2D eigenvalue weighted by Crippen LogP contribution is 2.14. The SMILES string of the molecule is COCC(Br)CCNC(=O)c1ccccc1Cl. The fourth-order valence-corrected chi connectivity index (χ4v) is 2.06. The van der Waals surface area contributed by atoms with Crippen molar-refractivity contribution in [2.45, 2.75) is 11.2 Å². The first-order chi connectivity index (χ1) is 8.15. The van der Waals surface area contributed by atoms with Gasteiger partial charge in [-0.3, -0.25) is 4.79 Å². The minimum atomic E-state index is -0.146. The quantitative estimate of drug-likeness (QED) is 0.819. The molecule has 0 spiro atoms. The molecule has 3 nitrogen and oxygen atoms in total. The van der Waals surface area contributed by atoms with Crippen molar-refractivity contribution in [2.24, 2.45) is 0 Å². The van der Waals surface area contributed by atoms with Crippen LogP contribution in [0.25, 0.3) is 0 Å². The first-order valence-corrected chi connectivity index (χ1v) is 6.60. The molecule has 0 heterocycles. The number of carbonyl (C=O) groups is 1. The number of hydrogen-bond acceptors (Lipinski definition) is 2. The van der Waals surface area contributed by atoms with E-state index in [1.807, 2.05) is 0 Å². The van der Waals surface area contributed by atoms with Gasteiger partial charge < -0.3 is 10.1 Å². The van der Waals surface area contributed by atoms with Gasteiger partial charge in [0.05, 0.1) is 17.2 Å². The summed E-state index contributed by atoms with van der Waals surface area (Å²) in [6.45, 7) is 1.21. The van der Waals surface area contributed by atoms with Gasteiger partial charge in [-0.2, -0.15) is 0 Å². The fraction of sp³-hybridized carbons (Fsp3) is 0.417. The number of rotatable bonds is 6. The van der Waals surface area contributed by atoms with E-state index in [1.54, 1.807) is 31.4 Å². The Morgan fingerprint density at radius 2 is 2.24 bits per heavy atom. The zero-order valence-corrected chi connectivity index (χ0v) is 11.9. The Morgan fingerprint density at radius 1 is 1.53 bits per heavy atom. The molecule has 0 radical (unpaired) electrons. The van der Waals surface area contributed by atoms with Gasteiger partial charge >= 0.3 is 0 Å². The lowest BCUT2D eigenvalue weighted by atomic mass is 10.2. The van der Waals surface area contributed by atoms with Crippen LogP contribution in [0.2, 0.25) is 5.02 Å². The summed E-state index contributed by atoms with van der Waals surface area (Å²) in [6.07, 6.45) is 0.810. The minimum absolute atomic E-state index is 0.146. The Balaban J connectivity index is 2.38. The summed E-state index contributed by atoms with van der Waals surface area (Å²) in [5.41, 5.74) is 0.507. The highest BCUT2D eigenvalue weighted by Gasteiger charge is 2.09. The van der Waals surface area contributed by atoms with Crippen molar-refractivity contribution < 1.29 is 9.53 Å². The van der Waals surface area contributed by atoms with Crippen LogP contribution in [-0.2, 0) is 4.74 Å². The van der Waals surface area contributed by atoms with Crippen molar-refractivity contribution >= 4 is 33.4 Å². The summed E-state index contributed by atoms with van der Waals surface area (Å²) in [7, 11) is 1.65. The molecule has 0 saturated carbocycles. The summed E-state index contributed by atoms with van der Waals surface area (Å²) in [4.78, 5) is 12.0. The van der Waals surface area contributed by atoms with Crippen molar-refractivity contribution in [1.29, 1.82) is 0 Å². The number of alkyl halides is 1. The summed E-state index contributed by atoms with van der Waals surface area (Å²) in [5, 5.41) is 3.29. The van der Waals surface area contributed by atoms with Crippen LogP contribution in [0.5, 0.6) is 0 Å². The molecule has 1 unspecified atom stereocenters. The molecule has 0 aliphatic rings. The molecule has 0 aromatic heterocycles. The van der Waals surface area contributed by atoms with Gasteiger partial charge in [-0.25, -0.2) is 0 Å². The third-order valence-corrected chi connectivity index (χ3v) is 3.26. The zero-order chi connectivity index (χ0) is 12.7. The molecule has 0 bridgehead atoms. The van der Waals surface area contributed by atoms with Crippen LogP contribution in [0.1, 0.15) is 16.8 Å². The molecule has 1 rings (SSSR count). The van der Waals surface area contributed by atoms with Gasteiger partial charge in [-0.05, 0) is 18.6 Å². The van der Waals surface area contributed by atoms with E-state index < -0.39 is 0 Å². The van der Waals surface area contributed by atoms with Crippen LogP contribution in [0.15, 0.2) is 24.3 Å². The van der Waals surface area contributed by atoms with E-state index in [0.29, 0.717) is 23.7 Å². The maximum atomic E-state index is 11.8. The molecule has 1 aromatic carbocycles. The normalized spacial score (nSPS) is 12.2. The van der Waals surface area contributed by atoms with Gasteiger partial charge in [-0.1, -0.05) is 39.7 Å². The third-order valence-electron chi connectivity index (χ3n) is 2.21. The van der Waals surface area contributed by atoms with E-state index in [4.69, 9.17) is 16.3 Å². The fourth-order valence-electron chi connectivity index (χ4n) is 1.35. The number of methoxy groups -OCH3 is 1. The van der Waals surface area contributed by atoms with Crippen LogP contribution in [0.4, 0.5) is 0 Å². The first-order valence-electron chi connectivity index (χ1n) is 5.31. The lowest BCUT2D eigenvalue weighted by Crippen LogP contribution is -2.27. The predicted molar refractivity (Wildman–Crippen MR) is 73.0 cm³/mol. The largest absolute Gasteiger partial charge is 0.384 e. The number of hydrogen-bond donors (Lipinski definition) is 1. The monoisotopic (exact) mass is 319 g/mol. The van der Waals surface area contributed by atoms with E-state index in [1.165, 1.54) is 0 Å². The molecule has 0 fully saturated rings. The van der Waals surface area contributed by atoms with Gasteiger partial charge in [0, 0.05) is 18.5 Å². The molecule has 1 aromatic rings. The number of nitrogens with one attached hydrogen (secondary N) is 1. The third kappa shape index (κ3) is 5.06. The Hall–Kier alpha value is -0.580. The number of amides is 1. The van der Waals surface area contributed by atoms with Crippen LogP contribution >= 0.6 is 27.5 Å². The predicted octanol–water partition coefficient (Wildman–Crippen LogP) is 2.87. The molecule has 17 heavy (non-hydrogen) atoms. The van der Waals surface area contributed by atoms with E-state index in [-0.39, 0.29) is 10.7 Å². The Kier molecular flexibility index (Phi) is 6.55. The maximum Gasteiger partial charge on any atom is 0.252 e. The molecule has 0 aliphatic carbocycles. The molecule has 1 N–H and O–H groups in total. The molecule has 1 amide bonds. The topological polar surface area (TPSA) is 38.3 Å². The zero-order valence-electron chi connectivity index (χ0n) is 9.58. The molecule has 94 valence electrons. The van der Waals surface area contributed by atoms with Crippen molar-refractivity contribution in [2.75, 3.05) is 20.3 Å². The highest BCUT2D eigenvalue weighted by molar-refractivity contribution is 9.09. The van der Waals surface area contributed by atoms with Gasteiger partial charge in [0.25, 0.3) is 5.91 Å². The Morgan fingerprint density at radius 3 is 2.88 bits per heavy atom. The summed E-state index contributed by atoms with van der Waals surface area (Å²) >= 11 is 9.38. The maximum absolute atomic E-state index is 11.8. The van der Waals surface area contributed by atoms with Gasteiger partial charge in [-0.15, -0.1) is 0 Å². The van der Waals surface area contributed by atoms with E-state index in [2.05, 4.69) is 21.2 Å². The Labute approximate surface area is 115 Å². The van der Waals surface area contributed by atoms with Crippen molar-refractivity contribution in [1.82, 2.24) is 5.32 Å². The van der Waals surface area contributed by atoms with Gasteiger partial charge in [0.1, 0.15) is 0 Å². The molecular formula is C12H15BrClNO2. The average molecular weight is 321 g/mol. The second kappa shape index (κ2) is 7.69. The van der Waals surface area contributed by atoms with Crippen molar-refractivity contribution in [3.63, 3.8) is 0 Å². The van der Waals surface area contributed by atoms with Crippen LogP contribution in [0, 0.1) is 0 Å². The highest BCUT2D eigenvalue weighted by atomic mass is 79.9. The second-order valence-corrected chi connectivity index (χ2v) is 5.28. The summed E-state index contributed by atoms with van der Waals surface area (Å²) in [6, 6.07) is 7.00. The Bertz CT molecular complexity index is 373.